The zero-order chi connectivity index (χ0) is 59.7. The number of nitro groups is 1. The Morgan fingerprint density at radius 2 is 1.70 bits per heavy atom. The first-order valence-electron chi connectivity index (χ1n) is 30.9. The fourth-order valence-corrected chi connectivity index (χ4v) is 16.3. The number of H-pyrrole nitrogens is 1. The van der Waals surface area contributed by atoms with Crippen LogP contribution in [0.2, 0.25) is 0 Å². The summed E-state index contributed by atoms with van der Waals surface area (Å²) in [6.45, 7) is 15.5. The molecule has 3 aromatic carbocycles. The SMILES string of the molecule is COc1cc(CN2CCN(C3CC4(CCN(c5ccc(C(=O)NS(=O)(=O)c6cc7c(c([N+](=O)[O-])c6)N[C@H](C6CCOCC6)[C@@H](C)O7)c(N6c7cc8cc[nH]c8nc7O[C@H]7COCC[C@@H]76)c5)CC4)C3)[C@H](c3ccccc3C)C2)cnc1N1CCOC[C@@H]1C. The van der Waals surface area contributed by atoms with E-state index in [0.717, 1.165) is 119 Å². The van der Waals surface area contributed by atoms with E-state index in [-0.39, 0.29) is 59.1 Å². The number of nitrogens with one attached hydrogen (secondary N) is 3. The summed E-state index contributed by atoms with van der Waals surface area (Å²) in [6, 6.07) is 23.1. The monoisotopic (exact) mass is 1210 g/mol. The number of aromatic nitrogens is 3. The normalized spacial score (nSPS) is 25.3. The number of aryl methyl sites for hydroxylation is 1. The molecule has 3 aromatic heterocycles. The number of piperidine rings is 1. The minimum Gasteiger partial charge on any atom is -0.493 e. The molecule has 0 unspecified atom stereocenters. The third-order valence-corrected chi connectivity index (χ3v) is 21.3. The number of aromatic amines is 1. The Morgan fingerprint density at radius 3 is 2.49 bits per heavy atom. The maximum Gasteiger partial charge on any atom is 0.297 e. The Hall–Kier alpha value is -7.28. The van der Waals surface area contributed by atoms with Crippen LogP contribution in [0.3, 0.4) is 0 Å². The van der Waals surface area contributed by atoms with Crippen molar-refractivity contribution in [3.8, 4) is 17.4 Å². The lowest BCUT2D eigenvalue weighted by Crippen LogP contribution is -2.59. The van der Waals surface area contributed by atoms with Gasteiger partial charge in [-0.15, -0.1) is 0 Å². The predicted molar refractivity (Wildman–Crippen MR) is 328 cm³/mol. The van der Waals surface area contributed by atoms with Gasteiger partial charge in [-0.2, -0.15) is 4.98 Å². The van der Waals surface area contributed by atoms with E-state index in [4.69, 9.17) is 38.4 Å². The number of amides is 1. The number of piperazine rings is 1. The average Bonchev–Trinajstić information content (AvgIpc) is 1.44. The largest absolute Gasteiger partial charge is 0.493 e. The van der Waals surface area contributed by atoms with Crippen LogP contribution < -0.4 is 38.9 Å². The molecule has 460 valence electrons. The minimum absolute atomic E-state index is 0.0231. The topological polar surface area (TPSA) is 232 Å². The van der Waals surface area contributed by atoms with Crippen molar-refractivity contribution in [1.82, 2.24) is 29.5 Å². The fourth-order valence-electron chi connectivity index (χ4n) is 15.3. The minimum atomic E-state index is -4.74. The molecule has 1 spiro atoms. The Balaban J connectivity index is 0.715. The van der Waals surface area contributed by atoms with Crippen LogP contribution in [0, 0.1) is 28.4 Å². The van der Waals surface area contributed by atoms with Crippen LogP contribution in [0.1, 0.15) is 91.9 Å². The molecule has 0 bridgehead atoms. The number of pyridine rings is 2. The van der Waals surface area contributed by atoms with Gasteiger partial charge in [0.2, 0.25) is 5.88 Å². The zero-order valence-electron chi connectivity index (χ0n) is 49.8. The number of benzene rings is 3. The molecular formula is C64H77N11O11S. The molecular weight excluding hydrogens is 1130 g/mol. The van der Waals surface area contributed by atoms with E-state index in [0.29, 0.717) is 68.4 Å². The van der Waals surface area contributed by atoms with Crippen molar-refractivity contribution in [2.75, 3.05) is 106 Å². The summed E-state index contributed by atoms with van der Waals surface area (Å²) in [6.07, 6.45) is 9.25. The highest BCUT2D eigenvalue weighted by Gasteiger charge is 2.51. The van der Waals surface area contributed by atoms with Gasteiger partial charge >= 0.3 is 0 Å². The molecule has 87 heavy (non-hydrogen) atoms. The van der Waals surface area contributed by atoms with Gasteiger partial charge in [-0.05, 0) is 130 Å². The van der Waals surface area contributed by atoms with Crippen LogP contribution >= 0.6 is 0 Å². The lowest BCUT2D eigenvalue weighted by atomic mass is 9.59. The van der Waals surface area contributed by atoms with Crippen LogP contribution in [-0.2, 0) is 30.8 Å². The number of morpholine rings is 1. The molecule has 7 aliphatic heterocycles. The van der Waals surface area contributed by atoms with Crippen LogP contribution in [0.25, 0.3) is 11.0 Å². The zero-order valence-corrected chi connectivity index (χ0v) is 50.6. The second-order valence-corrected chi connectivity index (χ2v) is 26.9. The fraction of sp³-hybridized carbons (Fsp3) is 0.516. The molecule has 1 saturated carbocycles. The van der Waals surface area contributed by atoms with Gasteiger partial charge in [-0.3, -0.25) is 24.7 Å². The van der Waals surface area contributed by atoms with Gasteiger partial charge in [0.15, 0.2) is 23.0 Å². The summed E-state index contributed by atoms with van der Waals surface area (Å²) in [5, 5.41) is 16.9. The molecule has 8 aliphatic rings. The first-order chi connectivity index (χ1) is 42.2. The van der Waals surface area contributed by atoms with Crippen molar-refractivity contribution in [3.63, 3.8) is 0 Å². The van der Waals surface area contributed by atoms with Crippen molar-refractivity contribution in [3.05, 3.63) is 118 Å². The molecule has 1 aliphatic carbocycles. The number of methoxy groups -OCH3 is 1. The van der Waals surface area contributed by atoms with Crippen LogP contribution in [0.15, 0.2) is 90.1 Å². The van der Waals surface area contributed by atoms with E-state index in [2.05, 4.69) is 83.7 Å². The number of nitro benzene ring substituents is 1. The van der Waals surface area contributed by atoms with Crippen molar-refractivity contribution in [2.24, 2.45) is 11.3 Å². The predicted octanol–water partition coefficient (Wildman–Crippen LogP) is 8.51. The van der Waals surface area contributed by atoms with E-state index in [1.165, 1.54) is 17.2 Å². The first-order valence-corrected chi connectivity index (χ1v) is 32.4. The molecule has 3 N–H and O–H groups in total. The van der Waals surface area contributed by atoms with Gasteiger partial charge in [-0.1, -0.05) is 24.3 Å². The number of anilines is 5. The number of rotatable bonds is 13. The maximum absolute atomic E-state index is 15.0. The molecule has 10 heterocycles. The highest BCUT2D eigenvalue weighted by molar-refractivity contribution is 7.90. The smallest absolute Gasteiger partial charge is 0.297 e. The molecule has 1 amide bonds. The van der Waals surface area contributed by atoms with Crippen molar-refractivity contribution in [2.45, 2.75) is 120 Å². The number of hydrogen-bond acceptors (Lipinski definition) is 19. The van der Waals surface area contributed by atoms with Crippen LogP contribution in [0.4, 0.5) is 34.3 Å². The molecule has 6 atom stereocenters. The summed E-state index contributed by atoms with van der Waals surface area (Å²) in [4.78, 5) is 51.8. The summed E-state index contributed by atoms with van der Waals surface area (Å²) >= 11 is 0. The Morgan fingerprint density at radius 1 is 0.897 bits per heavy atom. The highest BCUT2D eigenvalue weighted by atomic mass is 32.2. The summed E-state index contributed by atoms with van der Waals surface area (Å²) in [7, 11) is -3.01. The van der Waals surface area contributed by atoms with E-state index < -0.39 is 43.6 Å². The quantitative estimate of drug-likeness (QED) is 0.0726. The van der Waals surface area contributed by atoms with Gasteiger partial charge in [0.05, 0.1) is 66.1 Å². The lowest BCUT2D eigenvalue weighted by molar-refractivity contribution is -0.384. The number of carbonyl (C=O) groups excluding carboxylic acids is 1. The highest BCUT2D eigenvalue weighted by Crippen LogP contribution is 2.54. The molecule has 6 aromatic rings. The standard InChI is InChI=1S/C64H77N11O11S/c1-39-7-5-6-8-48(39)54-36-70(35-42-27-56(81-4)61(66-34-42)72-22-26-84-37-40(72)2)20-21-73(54)46-32-64(33-46)15-18-71(19-16-64)45-9-10-49(51(29-45)74-50-14-25-83-38-57(50)86-63-53(74)28-44-11-17-65-60(44)68-63)62(76)69-87(79,80)47-30-52(75(77)78)59-55(31-47)85-41(3)58(67-59)43-12-23-82-24-13-43/h5-11,17,27-31,34,40-41,43,46,50,54,57-58,67H,12-16,18-26,32-33,35-38H2,1-4H3,(H,65,68)(H,69,76)/t40-,41+,50-,54-,57-,58-/m0/s1. The summed E-state index contributed by atoms with van der Waals surface area (Å²) < 4.78 is 67.5. The number of ether oxygens (including phenoxy) is 6. The third-order valence-electron chi connectivity index (χ3n) is 20.0. The molecule has 23 heteroatoms. The van der Waals surface area contributed by atoms with Gasteiger partial charge < -0.3 is 53.4 Å². The lowest BCUT2D eigenvalue weighted by Gasteiger charge is -2.58. The first kappa shape index (κ1) is 57.5. The van der Waals surface area contributed by atoms with Gasteiger partial charge in [-0.25, -0.2) is 18.1 Å². The van der Waals surface area contributed by atoms with Gasteiger partial charge in [0, 0.05) is 113 Å². The Labute approximate surface area is 507 Å². The number of hydrogen-bond donors (Lipinski definition) is 3. The van der Waals surface area contributed by atoms with Crippen molar-refractivity contribution < 1.29 is 46.6 Å². The second kappa shape index (κ2) is 23.3. The third kappa shape index (κ3) is 10.9. The molecule has 14 rings (SSSR count). The van der Waals surface area contributed by atoms with E-state index in [9.17, 15) is 18.5 Å². The number of sulfonamides is 1. The van der Waals surface area contributed by atoms with Crippen molar-refractivity contribution in [1.29, 1.82) is 0 Å². The summed E-state index contributed by atoms with van der Waals surface area (Å²) in [5.41, 5.74) is 6.40. The molecule has 5 saturated heterocycles. The van der Waals surface area contributed by atoms with Crippen LogP contribution in [-0.4, -0.2) is 166 Å². The van der Waals surface area contributed by atoms with Crippen molar-refractivity contribution >= 4 is 61.2 Å². The second-order valence-electron chi connectivity index (χ2n) is 25.2. The molecule has 6 fully saturated rings. The van der Waals surface area contributed by atoms with Crippen LogP contribution in [0.5, 0.6) is 17.4 Å². The number of fused-ring (bicyclic) bond motifs is 4. The molecule has 22 nitrogen and oxygen atoms in total. The molecule has 0 radical (unpaired) electrons. The summed E-state index contributed by atoms with van der Waals surface area (Å²) in [5.74, 6) is 1.29. The maximum atomic E-state index is 15.0. The number of nitrogens with zero attached hydrogens (tertiary/aromatic N) is 8. The van der Waals surface area contributed by atoms with E-state index in [1.54, 1.807) is 13.2 Å². The van der Waals surface area contributed by atoms with Gasteiger partial charge in [0.1, 0.15) is 23.5 Å². The average molecular weight is 1210 g/mol. The Bertz CT molecular complexity index is 3700. The Kier molecular flexibility index (Phi) is 15.4. The van der Waals surface area contributed by atoms with Gasteiger partial charge in [0.25, 0.3) is 21.6 Å². The van der Waals surface area contributed by atoms with E-state index in [1.807, 2.05) is 43.6 Å². The van der Waals surface area contributed by atoms with E-state index >= 15 is 4.79 Å². The number of carbonyl (C=O) groups is 1.